The van der Waals surface area contributed by atoms with Crippen LogP contribution in [0.15, 0.2) is 12.2 Å². The molecular formula is C10H18N2O4. The lowest BCUT2D eigenvalue weighted by Crippen LogP contribution is -2.32. The minimum Gasteiger partial charge on any atom is -0.465 e. The quantitative estimate of drug-likeness (QED) is 0.636. The van der Waals surface area contributed by atoms with Crippen LogP contribution in [0.5, 0.6) is 0 Å². The molecule has 0 aromatic rings. The Kier molecular flexibility index (Phi) is 5.99. The van der Waals surface area contributed by atoms with Crippen LogP contribution in [0, 0.1) is 0 Å². The van der Waals surface area contributed by atoms with Crippen LogP contribution in [0.3, 0.4) is 0 Å². The minimum absolute atomic E-state index is 0.214. The SMILES string of the molecule is CC(C)(C)OC(=O)NC/C=C/CNC(=O)O. The molecule has 6 heteroatoms. The first-order valence-electron chi connectivity index (χ1n) is 4.90. The zero-order valence-corrected chi connectivity index (χ0v) is 9.74. The molecule has 92 valence electrons. The van der Waals surface area contributed by atoms with E-state index < -0.39 is 17.8 Å². The van der Waals surface area contributed by atoms with Gasteiger partial charge in [0.2, 0.25) is 0 Å². The predicted octanol–water partition coefficient (Wildman–Crippen LogP) is 1.33. The third-order valence-electron chi connectivity index (χ3n) is 1.30. The number of nitrogens with one attached hydrogen (secondary N) is 2. The van der Waals surface area contributed by atoms with Crippen LogP contribution in [0.2, 0.25) is 0 Å². The van der Waals surface area contributed by atoms with E-state index >= 15 is 0 Å². The standard InChI is InChI=1S/C10H18N2O4/c1-10(2,3)16-9(15)12-7-5-4-6-11-8(13)14/h4-5,11H,6-7H2,1-3H3,(H,12,15)(H,13,14)/b5-4+. The van der Waals surface area contributed by atoms with Gasteiger partial charge in [0, 0.05) is 13.1 Å². The van der Waals surface area contributed by atoms with E-state index in [9.17, 15) is 9.59 Å². The van der Waals surface area contributed by atoms with Crippen molar-refractivity contribution in [2.45, 2.75) is 26.4 Å². The summed E-state index contributed by atoms with van der Waals surface area (Å²) in [6.07, 6.45) is 1.67. The van der Waals surface area contributed by atoms with Gasteiger partial charge in [0.05, 0.1) is 0 Å². The van der Waals surface area contributed by atoms with Gasteiger partial charge in [-0.3, -0.25) is 0 Å². The number of rotatable bonds is 4. The molecule has 0 rings (SSSR count). The molecule has 0 heterocycles. The molecular weight excluding hydrogens is 212 g/mol. The van der Waals surface area contributed by atoms with Gasteiger partial charge in [-0.1, -0.05) is 12.2 Å². The maximum Gasteiger partial charge on any atom is 0.407 e. The molecule has 16 heavy (non-hydrogen) atoms. The molecule has 0 aliphatic carbocycles. The molecule has 0 saturated heterocycles. The number of carbonyl (C=O) groups excluding carboxylic acids is 1. The van der Waals surface area contributed by atoms with E-state index in [0.29, 0.717) is 6.54 Å². The van der Waals surface area contributed by atoms with Gasteiger partial charge in [-0.05, 0) is 20.8 Å². The van der Waals surface area contributed by atoms with E-state index in [1.54, 1.807) is 32.9 Å². The average Bonchev–Trinajstić information content (AvgIpc) is 2.07. The first-order chi connectivity index (χ1) is 7.31. The van der Waals surface area contributed by atoms with Crippen LogP contribution >= 0.6 is 0 Å². The van der Waals surface area contributed by atoms with E-state index in [-0.39, 0.29) is 6.54 Å². The summed E-state index contributed by atoms with van der Waals surface area (Å²) in [5.74, 6) is 0. The van der Waals surface area contributed by atoms with Crippen molar-refractivity contribution in [2.24, 2.45) is 0 Å². The number of amides is 2. The number of carboxylic acid groups (broad SMARTS) is 1. The second-order valence-electron chi connectivity index (χ2n) is 4.04. The van der Waals surface area contributed by atoms with E-state index in [1.807, 2.05) is 0 Å². The zero-order valence-electron chi connectivity index (χ0n) is 9.74. The van der Waals surface area contributed by atoms with E-state index in [4.69, 9.17) is 9.84 Å². The van der Waals surface area contributed by atoms with Gasteiger partial charge < -0.3 is 20.5 Å². The first kappa shape index (κ1) is 14.3. The maximum absolute atomic E-state index is 11.1. The van der Waals surface area contributed by atoms with Crippen molar-refractivity contribution in [3.8, 4) is 0 Å². The number of carbonyl (C=O) groups is 2. The lowest BCUT2D eigenvalue weighted by atomic mass is 10.2. The lowest BCUT2D eigenvalue weighted by Gasteiger charge is -2.19. The molecule has 0 unspecified atom stereocenters. The summed E-state index contributed by atoms with van der Waals surface area (Å²) in [5, 5.41) is 12.9. The Hall–Kier alpha value is -1.72. The Morgan fingerprint density at radius 3 is 2.12 bits per heavy atom. The molecule has 0 aromatic heterocycles. The smallest absolute Gasteiger partial charge is 0.407 e. The van der Waals surface area contributed by atoms with Crippen molar-refractivity contribution in [3.05, 3.63) is 12.2 Å². The molecule has 0 saturated carbocycles. The highest BCUT2D eigenvalue weighted by Crippen LogP contribution is 2.05. The topological polar surface area (TPSA) is 87.7 Å². The normalized spacial score (nSPS) is 11.2. The molecule has 0 atom stereocenters. The summed E-state index contributed by atoms with van der Waals surface area (Å²) in [5.41, 5.74) is -0.515. The largest absolute Gasteiger partial charge is 0.465 e. The van der Waals surface area contributed by atoms with Crippen molar-refractivity contribution >= 4 is 12.2 Å². The molecule has 0 aliphatic rings. The van der Waals surface area contributed by atoms with Crippen molar-refractivity contribution in [1.29, 1.82) is 0 Å². The van der Waals surface area contributed by atoms with Crippen LogP contribution in [-0.4, -0.2) is 36.0 Å². The summed E-state index contributed by atoms with van der Waals surface area (Å²) in [6.45, 7) is 5.85. The Labute approximate surface area is 94.7 Å². The van der Waals surface area contributed by atoms with Crippen LogP contribution < -0.4 is 10.6 Å². The molecule has 0 aliphatic heterocycles. The highest BCUT2D eigenvalue weighted by molar-refractivity contribution is 5.67. The van der Waals surface area contributed by atoms with Gasteiger partial charge in [-0.25, -0.2) is 9.59 Å². The van der Waals surface area contributed by atoms with E-state index in [1.165, 1.54) is 0 Å². The number of hydrogen-bond acceptors (Lipinski definition) is 3. The minimum atomic E-state index is -1.08. The summed E-state index contributed by atoms with van der Waals surface area (Å²) in [4.78, 5) is 21.2. The van der Waals surface area contributed by atoms with Gasteiger partial charge in [0.1, 0.15) is 5.60 Å². The summed E-state index contributed by atoms with van der Waals surface area (Å²) < 4.78 is 4.99. The van der Waals surface area contributed by atoms with Crippen LogP contribution in [0.1, 0.15) is 20.8 Å². The summed E-state index contributed by atoms with van der Waals surface area (Å²) >= 11 is 0. The van der Waals surface area contributed by atoms with Gasteiger partial charge in [0.25, 0.3) is 0 Å². The Morgan fingerprint density at radius 1 is 1.19 bits per heavy atom. The third kappa shape index (κ3) is 10.4. The van der Waals surface area contributed by atoms with Gasteiger partial charge in [-0.15, -0.1) is 0 Å². The Bertz CT molecular complexity index is 268. The maximum atomic E-state index is 11.1. The molecule has 0 aromatic carbocycles. The Morgan fingerprint density at radius 2 is 1.69 bits per heavy atom. The fourth-order valence-corrected chi connectivity index (χ4v) is 0.769. The molecule has 0 bridgehead atoms. The predicted molar refractivity (Wildman–Crippen MR) is 59.4 cm³/mol. The van der Waals surface area contributed by atoms with Crippen molar-refractivity contribution in [2.75, 3.05) is 13.1 Å². The molecule has 2 amide bonds. The van der Waals surface area contributed by atoms with Crippen molar-refractivity contribution in [1.82, 2.24) is 10.6 Å². The highest BCUT2D eigenvalue weighted by atomic mass is 16.6. The summed E-state index contributed by atoms with van der Waals surface area (Å²) in [6, 6.07) is 0. The fourth-order valence-electron chi connectivity index (χ4n) is 0.769. The van der Waals surface area contributed by atoms with E-state index in [2.05, 4.69) is 10.6 Å². The number of hydrogen-bond donors (Lipinski definition) is 3. The molecule has 3 N–H and O–H groups in total. The molecule has 0 fully saturated rings. The molecule has 0 spiro atoms. The first-order valence-corrected chi connectivity index (χ1v) is 4.90. The molecule has 0 radical (unpaired) electrons. The zero-order chi connectivity index (χ0) is 12.6. The average molecular weight is 230 g/mol. The number of ether oxygens (including phenoxy) is 1. The third-order valence-corrected chi connectivity index (χ3v) is 1.30. The van der Waals surface area contributed by atoms with Gasteiger partial charge >= 0.3 is 12.2 Å². The number of alkyl carbamates (subject to hydrolysis) is 1. The fraction of sp³-hybridized carbons (Fsp3) is 0.600. The van der Waals surface area contributed by atoms with E-state index in [0.717, 1.165) is 0 Å². The second kappa shape index (κ2) is 6.71. The highest BCUT2D eigenvalue weighted by Gasteiger charge is 2.14. The van der Waals surface area contributed by atoms with Crippen molar-refractivity contribution < 1.29 is 19.4 Å². The van der Waals surface area contributed by atoms with Crippen LogP contribution in [-0.2, 0) is 4.74 Å². The second-order valence-corrected chi connectivity index (χ2v) is 4.04. The Balaban J connectivity index is 3.58. The van der Waals surface area contributed by atoms with Gasteiger partial charge in [-0.2, -0.15) is 0 Å². The summed E-state index contributed by atoms with van der Waals surface area (Å²) in [7, 11) is 0. The monoisotopic (exact) mass is 230 g/mol. The molecule has 6 nitrogen and oxygen atoms in total. The van der Waals surface area contributed by atoms with Crippen molar-refractivity contribution in [3.63, 3.8) is 0 Å². The van der Waals surface area contributed by atoms with Gasteiger partial charge in [0.15, 0.2) is 0 Å². The van der Waals surface area contributed by atoms with Crippen LogP contribution in [0.25, 0.3) is 0 Å². The lowest BCUT2D eigenvalue weighted by molar-refractivity contribution is 0.0534. The van der Waals surface area contributed by atoms with Crippen LogP contribution in [0.4, 0.5) is 9.59 Å².